The molecule has 0 N–H and O–H groups in total. The van der Waals surface area contributed by atoms with Crippen LogP contribution >= 0.6 is 0 Å². The lowest BCUT2D eigenvalue weighted by Crippen LogP contribution is -2.12. The maximum atomic E-state index is 4.71. The van der Waals surface area contributed by atoms with Crippen LogP contribution in [0, 0.1) is 0 Å². The number of hydrogen-bond donors (Lipinski definition) is 0. The standard InChI is InChI=1S/C33H22N6/c1-3-9-29-23(7-1)12-13-24-14-15-25(37-20-19-35-36-37)21-31(24)38(29)26-16-17-28-27-8-2-4-10-30(27)39(32(28)22-26)33-11-5-6-18-34-33/h1-22H. The Hall–Kier alpha value is -5.49. The quantitative estimate of drug-likeness (QED) is 0.248. The number of nitrogens with zero attached hydrogens (tertiary/aromatic N) is 6. The van der Waals surface area contributed by atoms with Crippen molar-refractivity contribution < 1.29 is 0 Å². The average Bonchev–Trinajstić information content (AvgIpc) is 3.60. The number of hydrogen-bond acceptors (Lipinski definition) is 4. The minimum atomic E-state index is 0.896. The molecule has 1 aliphatic heterocycles. The monoisotopic (exact) mass is 502 g/mol. The van der Waals surface area contributed by atoms with Crippen LogP contribution in [0.4, 0.5) is 17.1 Å². The van der Waals surface area contributed by atoms with E-state index < -0.39 is 0 Å². The van der Waals surface area contributed by atoms with Crippen LogP contribution in [0.15, 0.2) is 122 Å². The third-order valence-electron chi connectivity index (χ3n) is 7.36. The Morgan fingerprint density at radius 3 is 2.23 bits per heavy atom. The summed E-state index contributed by atoms with van der Waals surface area (Å²) in [6.45, 7) is 0. The van der Waals surface area contributed by atoms with Crippen molar-refractivity contribution in [3.8, 4) is 11.5 Å². The number of para-hydroxylation sites is 2. The van der Waals surface area contributed by atoms with Gasteiger partial charge in [0.15, 0.2) is 0 Å². The molecular weight excluding hydrogens is 480 g/mol. The Morgan fingerprint density at radius 2 is 1.36 bits per heavy atom. The molecule has 6 nitrogen and oxygen atoms in total. The van der Waals surface area contributed by atoms with Crippen molar-refractivity contribution in [3.63, 3.8) is 0 Å². The molecule has 1 aliphatic rings. The minimum Gasteiger partial charge on any atom is -0.309 e. The lowest BCUT2D eigenvalue weighted by atomic mass is 10.1. The van der Waals surface area contributed by atoms with Crippen molar-refractivity contribution >= 4 is 51.0 Å². The number of anilines is 3. The molecule has 0 atom stereocenters. The second-order valence-electron chi connectivity index (χ2n) is 9.56. The third kappa shape index (κ3) is 3.39. The molecule has 0 radical (unpaired) electrons. The van der Waals surface area contributed by atoms with E-state index in [0.717, 1.165) is 50.7 Å². The van der Waals surface area contributed by atoms with Gasteiger partial charge in [-0.3, -0.25) is 4.57 Å². The normalized spacial score (nSPS) is 12.5. The second kappa shape index (κ2) is 8.53. The van der Waals surface area contributed by atoms with Crippen molar-refractivity contribution in [2.24, 2.45) is 0 Å². The van der Waals surface area contributed by atoms with E-state index in [4.69, 9.17) is 4.98 Å². The summed E-state index contributed by atoms with van der Waals surface area (Å²) in [5.74, 6) is 0.896. The van der Waals surface area contributed by atoms with Crippen molar-refractivity contribution in [2.45, 2.75) is 0 Å². The van der Waals surface area contributed by atoms with Crippen molar-refractivity contribution in [2.75, 3.05) is 4.90 Å². The lowest BCUT2D eigenvalue weighted by Gasteiger charge is -2.28. The van der Waals surface area contributed by atoms with Crippen LogP contribution in [0.5, 0.6) is 0 Å². The first-order valence-electron chi connectivity index (χ1n) is 12.9. The van der Waals surface area contributed by atoms with Crippen LogP contribution in [0.25, 0.3) is 45.5 Å². The number of benzene rings is 4. The van der Waals surface area contributed by atoms with Gasteiger partial charge in [-0.15, -0.1) is 5.10 Å². The van der Waals surface area contributed by atoms with E-state index in [1.54, 1.807) is 10.9 Å². The van der Waals surface area contributed by atoms with Gasteiger partial charge in [-0.2, -0.15) is 0 Å². The van der Waals surface area contributed by atoms with Gasteiger partial charge in [0.2, 0.25) is 0 Å². The molecule has 8 rings (SSSR count). The van der Waals surface area contributed by atoms with Crippen LogP contribution < -0.4 is 4.90 Å². The Labute approximate surface area is 224 Å². The maximum absolute atomic E-state index is 4.71. The fourth-order valence-corrected chi connectivity index (χ4v) is 5.61. The Balaban J connectivity index is 1.42. The molecule has 0 saturated carbocycles. The van der Waals surface area contributed by atoms with Crippen molar-refractivity contribution in [1.82, 2.24) is 24.5 Å². The minimum absolute atomic E-state index is 0.896. The van der Waals surface area contributed by atoms with Crippen LogP contribution in [0.2, 0.25) is 0 Å². The smallest absolute Gasteiger partial charge is 0.137 e. The number of aromatic nitrogens is 5. The van der Waals surface area contributed by atoms with Gasteiger partial charge in [-0.25, -0.2) is 9.67 Å². The highest BCUT2D eigenvalue weighted by molar-refractivity contribution is 6.10. The molecule has 184 valence electrons. The molecule has 6 heteroatoms. The zero-order valence-electron chi connectivity index (χ0n) is 20.9. The summed E-state index contributed by atoms with van der Waals surface area (Å²) in [6, 6.07) is 36.2. The predicted molar refractivity (Wildman–Crippen MR) is 157 cm³/mol. The lowest BCUT2D eigenvalue weighted by molar-refractivity contribution is 0.803. The van der Waals surface area contributed by atoms with Gasteiger partial charge in [0.25, 0.3) is 0 Å². The number of pyridine rings is 1. The zero-order chi connectivity index (χ0) is 25.8. The first kappa shape index (κ1) is 21.6. The molecule has 39 heavy (non-hydrogen) atoms. The van der Waals surface area contributed by atoms with Gasteiger partial charge in [0.05, 0.1) is 40.5 Å². The first-order valence-corrected chi connectivity index (χ1v) is 12.9. The fourth-order valence-electron chi connectivity index (χ4n) is 5.61. The van der Waals surface area contributed by atoms with Gasteiger partial charge >= 0.3 is 0 Å². The Kier molecular flexibility index (Phi) is 4.72. The van der Waals surface area contributed by atoms with Gasteiger partial charge < -0.3 is 4.90 Å². The van der Waals surface area contributed by atoms with Gasteiger partial charge in [-0.1, -0.05) is 72.0 Å². The fraction of sp³-hybridized carbons (Fsp3) is 0. The van der Waals surface area contributed by atoms with Crippen molar-refractivity contribution in [3.05, 3.63) is 133 Å². The van der Waals surface area contributed by atoms with E-state index in [1.807, 2.05) is 24.5 Å². The highest BCUT2D eigenvalue weighted by Gasteiger charge is 2.22. The largest absolute Gasteiger partial charge is 0.309 e. The van der Waals surface area contributed by atoms with Crippen LogP contribution in [-0.2, 0) is 0 Å². The highest BCUT2D eigenvalue weighted by atomic mass is 15.4. The Morgan fingerprint density at radius 1 is 0.564 bits per heavy atom. The molecular formula is C33H22N6. The second-order valence-corrected chi connectivity index (χ2v) is 9.56. The summed E-state index contributed by atoms with van der Waals surface area (Å²) in [5.41, 5.74) is 8.73. The number of fused-ring (bicyclic) bond motifs is 5. The summed E-state index contributed by atoms with van der Waals surface area (Å²) in [4.78, 5) is 7.05. The zero-order valence-corrected chi connectivity index (χ0v) is 20.9. The van der Waals surface area contributed by atoms with E-state index in [-0.39, 0.29) is 0 Å². The molecule has 0 amide bonds. The van der Waals surface area contributed by atoms with Crippen molar-refractivity contribution in [1.29, 1.82) is 0 Å². The van der Waals surface area contributed by atoms with Crippen LogP contribution in [0.3, 0.4) is 0 Å². The Bertz CT molecular complexity index is 2020. The predicted octanol–water partition coefficient (Wildman–Crippen LogP) is 7.71. The summed E-state index contributed by atoms with van der Waals surface area (Å²) in [7, 11) is 0. The molecule has 4 aromatic carbocycles. The molecule has 0 spiro atoms. The molecule has 7 aromatic rings. The molecule has 3 aromatic heterocycles. The van der Waals surface area contributed by atoms with E-state index in [0.29, 0.717) is 0 Å². The van der Waals surface area contributed by atoms with E-state index in [2.05, 4.69) is 123 Å². The highest BCUT2D eigenvalue weighted by Crippen LogP contribution is 2.44. The average molecular weight is 503 g/mol. The molecule has 4 heterocycles. The first-order chi connectivity index (χ1) is 19.3. The van der Waals surface area contributed by atoms with Gasteiger partial charge in [-0.05, 0) is 59.7 Å². The SMILES string of the molecule is C1=Cc2ccc(-n3ccnn3)cc2N(c2ccc3c4ccccc4n(-c4ccccn4)c3c2)c2ccccc21. The maximum Gasteiger partial charge on any atom is 0.137 e. The summed E-state index contributed by atoms with van der Waals surface area (Å²) in [6.07, 6.45) is 9.78. The molecule has 0 aliphatic carbocycles. The topological polar surface area (TPSA) is 51.8 Å². The summed E-state index contributed by atoms with van der Waals surface area (Å²) in [5, 5.41) is 10.6. The summed E-state index contributed by atoms with van der Waals surface area (Å²) >= 11 is 0. The van der Waals surface area contributed by atoms with Gasteiger partial charge in [0, 0.05) is 22.7 Å². The molecule has 0 unspecified atom stereocenters. The third-order valence-corrected chi connectivity index (χ3v) is 7.36. The van der Waals surface area contributed by atoms with Crippen LogP contribution in [-0.4, -0.2) is 24.5 Å². The van der Waals surface area contributed by atoms with E-state index in [9.17, 15) is 0 Å². The number of rotatable bonds is 3. The molecule has 0 saturated heterocycles. The van der Waals surface area contributed by atoms with E-state index in [1.165, 1.54) is 10.8 Å². The van der Waals surface area contributed by atoms with Crippen LogP contribution in [0.1, 0.15) is 11.1 Å². The van der Waals surface area contributed by atoms with E-state index >= 15 is 0 Å². The molecule has 0 bridgehead atoms. The summed E-state index contributed by atoms with van der Waals surface area (Å²) < 4.78 is 4.05. The van der Waals surface area contributed by atoms with Gasteiger partial charge in [0.1, 0.15) is 5.82 Å². The molecule has 0 fully saturated rings.